The molecule has 4 rings (SSSR count). The molecule has 2 N–H and O–H groups in total. The lowest BCUT2D eigenvalue weighted by Crippen LogP contribution is -2.48. The van der Waals surface area contributed by atoms with Crippen LogP contribution >= 0.6 is 7.60 Å². The normalized spacial score (nSPS) is 16.9. The highest BCUT2D eigenvalue weighted by Crippen LogP contribution is 2.42. The Bertz CT molecular complexity index is 1550. The van der Waals surface area contributed by atoms with Crippen LogP contribution in [-0.4, -0.2) is 87.9 Å². The van der Waals surface area contributed by atoms with E-state index < -0.39 is 17.6 Å². The Morgan fingerprint density at radius 1 is 1.13 bits per heavy atom. The number of aromatic nitrogens is 4. The Morgan fingerprint density at radius 2 is 1.85 bits per heavy atom. The number of aromatic amines is 1. The topological polar surface area (TPSA) is 160 Å². The van der Waals surface area contributed by atoms with Crippen molar-refractivity contribution in [2.45, 2.75) is 38.5 Å². The van der Waals surface area contributed by atoms with Gasteiger partial charge in [-0.15, -0.1) is 0 Å². The first kappa shape index (κ1) is 29.4. The molecule has 1 atom stereocenters. The number of fused-ring (bicyclic) bond motifs is 1. The zero-order valence-corrected chi connectivity index (χ0v) is 24.3. The molecule has 1 aliphatic heterocycles. The zero-order chi connectivity index (χ0) is 28.4. The van der Waals surface area contributed by atoms with E-state index in [0.29, 0.717) is 41.1 Å². The van der Waals surface area contributed by atoms with Crippen LogP contribution in [0.4, 0.5) is 0 Å². The summed E-state index contributed by atoms with van der Waals surface area (Å²) in [7, 11) is -5.99. The fourth-order valence-corrected chi connectivity index (χ4v) is 7.39. The number of nitrogens with one attached hydrogen (secondary N) is 1. The molecule has 39 heavy (non-hydrogen) atoms. The third kappa shape index (κ3) is 6.26. The summed E-state index contributed by atoms with van der Waals surface area (Å²) < 4.78 is 52.8. The number of sulfonamides is 1. The lowest BCUT2D eigenvalue weighted by Gasteiger charge is -2.34. The monoisotopic (exact) mass is 582 g/mol. The van der Waals surface area contributed by atoms with E-state index in [-0.39, 0.29) is 55.4 Å². The predicted molar refractivity (Wildman–Crippen MR) is 146 cm³/mol. The smallest absolute Gasteiger partial charge is 0.341 e. The van der Waals surface area contributed by atoms with Crippen LogP contribution in [0.2, 0.25) is 0 Å². The van der Waals surface area contributed by atoms with Crippen LogP contribution in [0.5, 0.6) is 5.75 Å². The third-order valence-corrected chi connectivity index (χ3v) is 9.75. The Kier molecular flexibility index (Phi) is 8.94. The molecule has 0 saturated carbocycles. The molecule has 1 saturated heterocycles. The van der Waals surface area contributed by atoms with Gasteiger partial charge in [0.2, 0.25) is 10.0 Å². The molecule has 0 radical (unpaired) electrons. The van der Waals surface area contributed by atoms with Gasteiger partial charge in [-0.05, 0) is 38.5 Å². The maximum Gasteiger partial charge on any atom is 0.341 e. The van der Waals surface area contributed by atoms with E-state index in [0.717, 1.165) is 6.42 Å². The van der Waals surface area contributed by atoms with Crippen molar-refractivity contribution in [3.8, 4) is 17.1 Å². The number of nitrogens with zero attached hydrogens (tertiary/aromatic N) is 5. The standard InChI is InChI=1S/C24H35N6O7PS/c1-5-8-19-21-22(28(4)27-19)24(31)26-23(25-21)18-15-17(9-10-20(18)36-6-2)39(34,35)30-13-11-29(12-14-30)16-38(32,33)37-7-3/h9-10,15H,5-8,11-14,16H2,1-4H3,(H,32,33)(H,25,26,31). The molecular formula is C24H35N6O7PS. The van der Waals surface area contributed by atoms with Crippen molar-refractivity contribution >= 4 is 28.7 Å². The fourth-order valence-electron chi connectivity index (χ4n) is 4.67. The summed E-state index contributed by atoms with van der Waals surface area (Å²) in [5.74, 6) is 0.581. The maximum absolute atomic E-state index is 13.6. The Morgan fingerprint density at radius 3 is 2.49 bits per heavy atom. The van der Waals surface area contributed by atoms with Crippen molar-refractivity contribution in [2.75, 3.05) is 45.7 Å². The molecule has 0 amide bonds. The number of ether oxygens (including phenoxy) is 1. The van der Waals surface area contributed by atoms with Gasteiger partial charge in [-0.1, -0.05) is 13.3 Å². The quantitative estimate of drug-likeness (QED) is 0.321. The van der Waals surface area contributed by atoms with Gasteiger partial charge in [0, 0.05) is 33.2 Å². The number of hydrogen-bond acceptors (Lipinski definition) is 9. The van der Waals surface area contributed by atoms with Crippen LogP contribution in [0.3, 0.4) is 0 Å². The Labute approximate surface area is 227 Å². The van der Waals surface area contributed by atoms with Gasteiger partial charge < -0.3 is 19.1 Å². The molecule has 1 aromatic carbocycles. The largest absolute Gasteiger partial charge is 0.493 e. The number of aryl methyl sites for hydroxylation is 2. The van der Waals surface area contributed by atoms with Crippen LogP contribution in [0, 0.1) is 0 Å². The summed E-state index contributed by atoms with van der Waals surface area (Å²) in [5, 5.41) is 4.45. The molecule has 0 spiro atoms. The predicted octanol–water partition coefficient (Wildman–Crippen LogP) is 2.16. The summed E-state index contributed by atoms with van der Waals surface area (Å²) >= 11 is 0. The molecule has 3 heterocycles. The average molecular weight is 583 g/mol. The molecule has 13 nitrogen and oxygen atoms in total. The van der Waals surface area contributed by atoms with Gasteiger partial charge in [0.05, 0.1) is 29.4 Å². The lowest BCUT2D eigenvalue weighted by molar-refractivity contribution is 0.188. The Hall–Kier alpha value is -2.61. The molecule has 15 heteroatoms. The molecule has 1 unspecified atom stereocenters. The second kappa shape index (κ2) is 11.9. The van der Waals surface area contributed by atoms with Gasteiger partial charge >= 0.3 is 7.60 Å². The van der Waals surface area contributed by atoms with Gasteiger partial charge in [-0.3, -0.25) is 18.9 Å². The van der Waals surface area contributed by atoms with E-state index >= 15 is 0 Å². The summed E-state index contributed by atoms with van der Waals surface area (Å²) in [6.07, 6.45) is 1.31. The van der Waals surface area contributed by atoms with Gasteiger partial charge in [0.25, 0.3) is 5.56 Å². The van der Waals surface area contributed by atoms with Gasteiger partial charge in [0.1, 0.15) is 23.4 Å². The molecular weight excluding hydrogens is 547 g/mol. The molecule has 3 aromatic rings. The van der Waals surface area contributed by atoms with Crippen molar-refractivity contribution in [1.82, 2.24) is 29.0 Å². The van der Waals surface area contributed by atoms with E-state index in [1.54, 1.807) is 24.9 Å². The summed E-state index contributed by atoms with van der Waals surface area (Å²) in [6, 6.07) is 4.49. The number of H-pyrrole nitrogens is 1. The van der Waals surface area contributed by atoms with E-state index in [9.17, 15) is 22.7 Å². The fraction of sp³-hybridized carbons (Fsp3) is 0.542. The second-order valence-corrected chi connectivity index (χ2v) is 13.0. The van der Waals surface area contributed by atoms with Crippen LogP contribution in [0.25, 0.3) is 22.4 Å². The first-order valence-corrected chi connectivity index (χ1v) is 16.1. The van der Waals surface area contributed by atoms with E-state index in [1.165, 1.54) is 21.1 Å². The summed E-state index contributed by atoms with van der Waals surface area (Å²) in [6.45, 7) is 6.78. The molecule has 214 valence electrons. The molecule has 1 aliphatic rings. The van der Waals surface area contributed by atoms with Crippen molar-refractivity contribution in [3.63, 3.8) is 0 Å². The minimum Gasteiger partial charge on any atom is -0.493 e. The van der Waals surface area contributed by atoms with Crippen LogP contribution in [0.15, 0.2) is 27.9 Å². The number of hydrogen-bond donors (Lipinski definition) is 2. The zero-order valence-electron chi connectivity index (χ0n) is 22.6. The number of rotatable bonds is 11. The SMILES string of the molecule is CCCc1nn(C)c2c(=O)[nH]c(-c3cc(S(=O)(=O)N4CCN(CP(=O)(O)OCC)CC4)ccc3OCC)nc12. The minimum atomic E-state index is -3.91. The van der Waals surface area contributed by atoms with E-state index in [4.69, 9.17) is 9.26 Å². The minimum absolute atomic E-state index is 0.0271. The maximum atomic E-state index is 13.6. The van der Waals surface area contributed by atoms with Gasteiger partial charge in [-0.25, -0.2) is 13.4 Å². The Balaban J connectivity index is 1.67. The van der Waals surface area contributed by atoms with Crippen LogP contribution < -0.4 is 10.3 Å². The van der Waals surface area contributed by atoms with E-state index in [2.05, 4.69) is 15.1 Å². The van der Waals surface area contributed by atoms with Crippen molar-refractivity contribution in [2.24, 2.45) is 7.05 Å². The molecule has 2 aromatic heterocycles. The van der Waals surface area contributed by atoms with Crippen molar-refractivity contribution in [3.05, 3.63) is 34.2 Å². The van der Waals surface area contributed by atoms with Gasteiger partial charge in [-0.2, -0.15) is 9.40 Å². The molecule has 0 bridgehead atoms. The second-order valence-electron chi connectivity index (χ2n) is 9.24. The first-order valence-electron chi connectivity index (χ1n) is 12.9. The summed E-state index contributed by atoms with van der Waals surface area (Å²) in [4.78, 5) is 32.1. The van der Waals surface area contributed by atoms with Crippen LogP contribution in [-0.2, 0) is 32.6 Å². The van der Waals surface area contributed by atoms with Crippen molar-refractivity contribution in [1.29, 1.82) is 0 Å². The highest BCUT2D eigenvalue weighted by Gasteiger charge is 2.32. The highest BCUT2D eigenvalue weighted by molar-refractivity contribution is 7.89. The third-order valence-electron chi connectivity index (χ3n) is 6.43. The highest BCUT2D eigenvalue weighted by atomic mass is 32.2. The molecule has 0 aliphatic carbocycles. The lowest BCUT2D eigenvalue weighted by atomic mass is 10.1. The average Bonchev–Trinajstić information content (AvgIpc) is 3.20. The van der Waals surface area contributed by atoms with Gasteiger partial charge in [0.15, 0.2) is 5.52 Å². The van der Waals surface area contributed by atoms with Crippen molar-refractivity contribution < 1.29 is 27.1 Å². The molecule has 1 fully saturated rings. The van der Waals surface area contributed by atoms with Crippen LogP contribution in [0.1, 0.15) is 32.9 Å². The number of benzene rings is 1. The van der Waals surface area contributed by atoms with E-state index in [1.807, 2.05) is 13.8 Å². The summed E-state index contributed by atoms with van der Waals surface area (Å²) in [5.41, 5.74) is 1.47. The first-order chi connectivity index (χ1) is 18.5. The number of piperazine rings is 1.